The SMILES string of the molecule is O=C(NCC(F)F)c1cc(C(F)(F)F)ccc1F. The van der Waals surface area contributed by atoms with Crippen LogP contribution in [0, 0.1) is 5.82 Å². The molecule has 100 valence electrons. The summed E-state index contributed by atoms with van der Waals surface area (Å²) < 4.78 is 73.6. The first-order chi connectivity index (χ1) is 8.21. The topological polar surface area (TPSA) is 29.1 Å². The summed E-state index contributed by atoms with van der Waals surface area (Å²) in [7, 11) is 0. The third kappa shape index (κ3) is 3.64. The molecular formula is C10H7F6NO. The van der Waals surface area contributed by atoms with Crippen molar-refractivity contribution in [2.75, 3.05) is 6.54 Å². The molecule has 0 aromatic heterocycles. The number of hydrogen-bond acceptors (Lipinski definition) is 1. The average Bonchev–Trinajstić information content (AvgIpc) is 2.24. The van der Waals surface area contributed by atoms with Crippen molar-refractivity contribution in [3.63, 3.8) is 0 Å². The molecule has 0 aliphatic rings. The lowest BCUT2D eigenvalue weighted by Crippen LogP contribution is -2.29. The molecule has 0 heterocycles. The fraction of sp³-hybridized carbons (Fsp3) is 0.300. The summed E-state index contributed by atoms with van der Waals surface area (Å²) in [5.41, 5.74) is -2.16. The molecule has 0 aliphatic heterocycles. The van der Waals surface area contributed by atoms with Gasteiger partial charge in [-0.2, -0.15) is 13.2 Å². The highest BCUT2D eigenvalue weighted by atomic mass is 19.4. The Labute approximate surface area is 97.6 Å². The number of benzene rings is 1. The predicted molar refractivity (Wildman–Crippen MR) is 49.7 cm³/mol. The molecular weight excluding hydrogens is 264 g/mol. The van der Waals surface area contributed by atoms with Gasteiger partial charge in [-0.1, -0.05) is 0 Å². The number of carbonyl (C=O) groups excluding carboxylic acids is 1. The maximum atomic E-state index is 13.1. The van der Waals surface area contributed by atoms with Crippen LogP contribution < -0.4 is 5.32 Å². The smallest absolute Gasteiger partial charge is 0.346 e. The lowest BCUT2D eigenvalue weighted by Gasteiger charge is -2.10. The third-order valence-electron chi connectivity index (χ3n) is 1.96. The highest BCUT2D eigenvalue weighted by Gasteiger charge is 2.31. The maximum Gasteiger partial charge on any atom is 0.416 e. The summed E-state index contributed by atoms with van der Waals surface area (Å²) in [6.07, 6.45) is -7.62. The van der Waals surface area contributed by atoms with Crippen molar-refractivity contribution >= 4 is 5.91 Å². The van der Waals surface area contributed by atoms with Crippen molar-refractivity contribution in [1.29, 1.82) is 0 Å². The van der Waals surface area contributed by atoms with Gasteiger partial charge in [0.05, 0.1) is 17.7 Å². The summed E-state index contributed by atoms with van der Waals surface area (Å²) >= 11 is 0. The van der Waals surface area contributed by atoms with Crippen molar-refractivity contribution in [3.05, 3.63) is 35.1 Å². The quantitative estimate of drug-likeness (QED) is 0.841. The van der Waals surface area contributed by atoms with E-state index in [4.69, 9.17) is 0 Å². The lowest BCUT2D eigenvalue weighted by molar-refractivity contribution is -0.137. The van der Waals surface area contributed by atoms with Crippen LogP contribution in [0.1, 0.15) is 15.9 Å². The minimum Gasteiger partial charge on any atom is -0.346 e. The van der Waals surface area contributed by atoms with E-state index in [0.29, 0.717) is 12.1 Å². The van der Waals surface area contributed by atoms with Crippen LogP contribution in [-0.4, -0.2) is 18.9 Å². The molecule has 0 bridgehead atoms. The first-order valence-electron chi connectivity index (χ1n) is 4.65. The summed E-state index contributed by atoms with van der Waals surface area (Å²) in [4.78, 5) is 11.2. The van der Waals surface area contributed by atoms with Crippen LogP contribution in [0.5, 0.6) is 0 Å². The second-order valence-corrected chi connectivity index (χ2v) is 3.29. The molecule has 0 unspecified atom stereocenters. The van der Waals surface area contributed by atoms with E-state index in [1.165, 1.54) is 0 Å². The molecule has 0 saturated heterocycles. The number of halogens is 6. The Kier molecular flexibility index (Phi) is 4.20. The number of nitrogens with one attached hydrogen (secondary N) is 1. The Balaban J connectivity index is 2.97. The fourth-order valence-corrected chi connectivity index (χ4v) is 1.14. The van der Waals surface area contributed by atoms with Crippen LogP contribution in [0.2, 0.25) is 0 Å². The zero-order chi connectivity index (χ0) is 13.9. The molecule has 1 N–H and O–H groups in total. The summed E-state index contributed by atoms with van der Waals surface area (Å²) in [6.45, 7) is -1.06. The molecule has 0 radical (unpaired) electrons. The molecule has 1 rings (SSSR count). The Hall–Kier alpha value is -1.73. The zero-order valence-corrected chi connectivity index (χ0v) is 8.69. The number of rotatable bonds is 3. The normalized spacial score (nSPS) is 11.7. The van der Waals surface area contributed by atoms with Gasteiger partial charge in [-0.15, -0.1) is 0 Å². The van der Waals surface area contributed by atoms with Gasteiger partial charge in [-0.05, 0) is 18.2 Å². The molecule has 18 heavy (non-hydrogen) atoms. The predicted octanol–water partition coefficient (Wildman–Crippen LogP) is 2.84. The highest BCUT2D eigenvalue weighted by molar-refractivity contribution is 5.94. The summed E-state index contributed by atoms with van der Waals surface area (Å²) in [5, 5.41) is 1.62. The highest BCUT2D eigenvalue weighted by Crippen LogP contribution is 2.30. The van der Waals surface area contributed by atoms with Crippen molar-refractivity contribution in [1.82, 2.24) is 5.32 Å². The van der Waals surface area contributed by atoms with Gasteiger partial charge in [0, 0.05) is 0 Å². The van der Waals surface area contributed by atoms with Crippen LogP contribution in [0.15, 0.2) is 18.2 Å². The summed E-state index contributed by atoms with van der Waals surface area (Å²) in [6, 6.07) is 1.19. The summed E-state index contributed by atoms with van der Waals surface area (Å²) in [5.74, 6) is -2.53. The Morgan fingerprint density at radius 1 is 1.28 bits per heavy atom. The lowest BCUT2D eigenvalue weighted by atomic mass is 10.1. The Morgan fingerprint density at radius 2 is 1.89 bits per heavy atom. The van der Waals surface area contributed by atoms with Crippen LogP contribution in [0.25, 0.3) is 0 Å². The average molecular weight is 271 g/mol. The van der Waals surface area contributed by atoms with E-state index in [9.17, 15) is 31.1 Å². The van der Waals surface area contributed by atoms with Crippen LogP contribution >= 0.6 is 0 Å². The maximum absolute atomic E-state index is 13.1. The zero-order valence-electron chi connectivity index (χ0n) is 8.69. The van der Waals surface area contributed by atoms with Crippen molar-refractivity contribution in [3.8, 4) is 0 Å². The van der Waals surface area contributed by atoms with Gasteiger partial charge in [0.2, 0.25) is 0 Å². The number of alkyl halides is 5. The molecule has 1 amide bonds. The second-order valence-electron chi connectivity index (χ2n) is 3.29. The van der Waals surface area contributed by atoms with E-state index < -0.39 is 42.0 Å². The Bertz CT molecular complexity index is 442. The van der Waals surface area contributed by atoms with Crippen molar-refractivity contribution < 1.29 is 31.1 Å². The molecule has 8 heteroatoms. The van der Waals surface area contributed by atoms with Crippen molar-refractivity contribution in [2.24, 2.45) is 0 Å². The van der Waals surface area contributed by atoms with E-state index >= 15 is 0 Å². The van der Waals surface area contributed by atoms with Gasteiger partial charge < -0.3 is 5.32 Å². The van der Waals surface area contributed by atoms with Crippen LogP contribution in [-0.2, 0) is 6.18 Å². The van der Waals surface area contributed by atoms with E-state index in [2.05, 4.69) is 0 Å². The van der Waals surface area contributed by atoms with Gasteiger partial charge in [0.1, 0.15) is 5.82 Å². The van der Waals surface area contributed by atoms with Gasteiger partial charge in [-0.3, -0.25) is 4.79 Å². The van der Waals surface area contributed by atoms with Gasteiger partial charge in [0.15, 0.2) is 0 Å². The number of hydrogen-bond donors (Lipinski definition) is 1. The molecule has 0 atom stereocenters. The standard InChI is InChI=1S/C10H7F6NO/c11-7-2-1-5(10(14,15)16)3-6(7)9(18)17-4-8(12)13/h1-3,8H,4H2,(H,17,18). The molecule has 0 fully saturated rings. The Morgan fingerprint density at radius 3 is 2.39 bits per heavy atom. The number of carbonyl (C=O) groups is 1. The molecule has 1 aromatic rings. The van der Waals surface area contributed by atoms with E-state index in [1.807, 2.05) is 0 Å². The second kappa shape index (κ2) is 5.28. The molecule has 0 aliphatic carbocycles. The van der Waals surface area contributed by atoms with Gasteiger partial charge in [-0.25, -0.2) is 13.2 Å². The van der Waals surface area contributed by atoms with E-state index in [0.717, 1.165) is 0 Å². The first-order valence-corrected chi connectivity index (χ1v) is 4.65. The van der Waals surface area contributed by atoms with Gasteiger partial charge >= 0.3 is 6.18 Å². The largest absolute Gasteiger partial charge is 0.416 e. The minimum atomic E-state index is -4.74. The van der Waals surface area contributed by atoms with Crippen molar-refractivity contribution in [2.45, 2.75) is 12.6 Å². The van der Waals surface area contributed by atoms with Crippen LogP contribution in [0.3, 0.4) is 0 Å². The van der Waals surface area contributed by atoms with Gasteiger partial charge in [0.25, 0.3) is 12.3 Å². The third-order valence-corrected chi connectivity index (χ3v) is 1.96. The minimum absolute atomic E-state index is 0.274. The molecule has 0 spiro atoms. The number of amides is 1. The first kappa shape index (κ1) is 14.3. The monoisotopic (exact) mass is 271 g/mol. The van der Waals surface area contributed by atoms with E-state index in [-0.39, 0.29) is 6.07 Å². The molecule has 0 saturated carbocycles. The van der Waals surface area contributed by atoms with E-state index in [1.54, 1.807) is 5.32 Å². The molecule has 2 nitrogen and oxygen atoms in total. The van der Waals surface area contributed by atoms with Crippen LogP contribution in [0.4, 0.5) is 26.3 Å². The fourth-order valence-electron chi connectivity index (χ4n) is 1.14. The molecule has 1 aromatic carbocycles.